The molecule has 0 bridgehead atoms. The third-order valence-electron chi connectivity index (χ3n) is 3.84. The van der Waals surface area contributed by atoms with Crippen LogP contribution in [-0.4, -0.2) is 49.3 Å². The van der Waals surface area contributed by atoms with Crippen LogP contribution in [0.4, 0.5) is 5.69 Å². The topological polar surface area (TPSA) is 114 Å². The summed E-state index contributed by atoms with van der Waals surface area (Å²) in [5.41, 5.74) is 5.47. The van der Waals surface area contributed by atoms with Crippen LogP contribution in [0.5, 0.6) is 0 Å². The first-order valence-electron chi connectivity index (χ1n) is 6.34. The molecule has 0 amide bonds. The van der Waals surface area contributed by atoms with Crippen LogP contribution in [0, 0.1) is 0 Å². The molecule has 2 aromatic rings. The van der Waals surface area contributed by atoms with Crippen molar-refractivity contribution in [2.45, 2.75) is 31.0 Å². The van der Waals surface area contributed by atoms with Gasteiger partial charge in [-0.25, -0.2) is 4.98 Å². The second-order valence-corrected chi connectivity index (χ2v) is 5.24. The molecule has 20 heavy (non-hydrogen) atoms. The first-order chi connectivity index (χ1) is 9.46. The molecular weight excluding hydrogens is 262 g/mol. The standard InChI is InChI=1S/C13H17N3O4/c1-13(19)10(18)9(6-17)20-12(13)16-5-3-7-8(14)2-4-15-11(7)16/h2-5,9-10,12,17-19H,6H2,1H3,(H2,14,15)/t9-,10?,12-,13-/m1/s1. The molecule has 1 saturated heterocycles. The lowest BCUT2D eigenvalue weighted by atomic mass is 9.96. The first kappa shape index (κ1) is 13.3. The fourth-order valence-corrected chi connectivity index (χ4v) is 2.66. The van der Waals surface area contributed by atoms with Gasteiger partial charge in [0.15, 0.2) is 6.23 Å². The highest BCUT2D eigenvalue weighted by molar-refractivity contribution is 5.88. The number of aromatic nitrogens is 2. The highest BCUT2D eigenvalue weighted by Crippen LogP contribution is 2.39. The summed E-state index contributed by atoms with van der Waals surface area (Å²) >= 11 is 0. The number of anilines is 1. The highest BCUT2D eigenvalue weighted by atomic mass is 16.6. The predicted octanol–water partition coefficient (Wildman–Crippen LogP) is -0.380. The molecule has 1 aliphatic rings. The third kappa shape index (κ3) is 1.71. The largest absolute Gasteiger partial charge is 0.398 e. The SMILES string of the molecule is C[C@@]1(O)C(O)[C@@H](CO)O[C@H]1n1ccc2c(N)ccnc21. The molecule has 0 spiro atoms. The molecule has 4 atom stereocenters. The van der Waals surface area contributed by atoms with Gasteiger partial charge in [-0.15, -0.1) is 0 Å². The molecule has 0 aliphatic carbocycles. The molecule has 2 aromatic heterocycles. The number of ether oxygens (including phenoxy) is 1. The number of hydrogen-bond acceptors (Lipinski definition) is 6. The Morgan fingerprint density at radius 3 is 2.90 bits per heavy atom. The molecule has 108 valence electrons. The summed E-state index contributed by atoms with van der Waals surface area (Å²) in [4.78, 5) is 4.24. The molecule has 1 unspecified atom stereocenters. The van der Waals surface area contributed by atoms with Crippen LogP contribution < -0.4 is 5.73 Å². The van der Waals surface area contributed by atoms with Crippen molar-refractivity contribution in [2.75, 3.05) is 12.3 Å². The van der Waals surface area contributed by atoms with E-state index in [-0.39, 0.29) is 6.61 Å². The quantitative estimate of drug-likeness (QED) is 0.596. The Bertz CT molecular complexity index is 640. The molecule has 0 radical (unpaired) electrons. The maximum atomic E-state index is 10.5. The number of rotatable bonds is 2. The van der Waals surface area contributed by atoms with Crippen molar-refractivity contribution in [1.82, 2.24) is 9.55 Å². The molecule has 1 fully saturated rings. The lowest BCUT2D eigenvalue weighted by Gasteiger charge is -2.27. The zero-order valence-corrected chi connectivity index (χ0v) is 11.0. The lowest BCUT2D eigenvalue weighted by molar-refractivity contribution is -0.0948. The zero-order valence-electron chi connectivity index (χ0n) is 11.0. The van der Waals surface area contributed by atoms with Crippen molar-refractivity contribution in [3.8, 4) is 0 Å². The van der Waals surface area contributed by atoms with Crippen molar-refractivity contribution >= 4 is 16.7 Å². The summed E-state index contributed by atoms with van der Waals surface area (Å²) in [5, 5.41) is 30.4. The van der Waals surface area contributed by atoms with Gasteiger partial charge in [0.05, 0.1) is 6.61 Å². The molecule has 0 saturated carbocycles. The van der Waals surface area contributed by atoms with Gasteiger partial charge in [0, 0.05) is 23.5 Å². The minimum atomic E-state index is -1.54. The minimum absolute atomic E-state index is 0.372. The molecule has 1 aliphatic heterocycles. The van der Waals surface area contributed by atoms with Gasteiger partial charge in [-0.05, 0) is 19.1 Å². The van der Waals surface area contributed by atoms with Gasteiger partial charge in [0.2, 0.25) is 0 Å². The van der Waals surface area contributed by atoms with Crippen LogP contribution in [0.15, 0.2) is 24.5 Å². The molecule has 7 heteroatoms. The molecular formula is C13H17N3O4. The van der Waals surface area contributed by atoms with Crippen LogP contribution >= 0.6 is 0 Å². The van der Waals surface area contributed by atoms with E-state index < -0.39 is 24.0 Å². The summed E-state index contributed by atoms with van der Waals surface area (Å²) in [6.45, 7) is 1.10. The minimum Gasteiger partial charge on any atom is -0.398 e. The Labute approximate surface area is 115 Å². The number of pyridine rings is 1. The predicted molar refractivity (Wildman–Crippen MR) is 71.8 cm³/mol. The number of aliphatic hydroxyl groups is 3. The van der Waals surface area contributed by atoms with E-state index in [1.54, 1.807) is 29.1 Å². The maximum absolute atomic E-state index is 10.5. The summed E-state index contributed by atoms with van der Waals surface area (Å²) in [5.74, 6) is 0. The summed E-state index contributed by atoms with van der Waals surface area (Å²) in [7, 11) is 0. The van der Waals surface area contributed by atoms with Gasteiger partial charge in [-0.3, -0.25) is 0 Å². The van der Waals surface area contributed by atoms with Gasteiger partial charge < -0.3 is 30.4 Å². The highest BCUT2D eigenvalue weighted by Gasteiger charge is 2.53. The average Bonchev–Trinajstić information content (AvgIpc) is 2.92. The van der Waals surface area contributed by atoms with E-state index >= 15 is 0 Å². The van der Waals surface area contributed by atoms with Gasteiger partial charge >= 0.3 is 0 Å². The van der Waals surface area contributed by atoms with Crippen molar-refractivity contribution < 1.29 is 20.1 Å². The molecule has 3 heterocycles. The van der Waals surface area contributed by atoms with Crippen LogP contribution in [0.1, 0.15) is 13.2 Å². The first-order valence-corrected chi connectivity index (χ1v) is 6.34. The van der Waals surface area contributed by atoms with Crippen LogP contribution in [0.2, 0.25) is 0 Å². The second kappa shape index (κ2) is 4.42. The number of fused-ring (bicyclic) bond motifs is 1. The second-order valence-electron chi connectivity index (χ2n) is 5.24. The average molecular weight is 279 g/mol. The van der Waals surface area contributed by atoms with Crippen LogP contribution in [0.3, 0.4) is 0 Å². The third-order valence-corrected chi connectivity index (χ3v) is 3.84. The number of nitrogens with two attached hydrogens (primary N) is 1. The van der Waals surface area contributed by atoms with E-state index in [4.69, 9.17) is 10.5 Å². The van der Waals surface area contributed by atoms with Gasteiger partial charge in [-0.2, -0.15) is 0 Å². The van der Waals surface area contributed by atoms with Crippen molar-refractivity contribution in [1.29, 1.82) is 0 Å². The number of hydrogen-bond donors (Lipinski definition) is 4. The monoisotopic (exact) mass is 279 g/mol. The van der Waals surface area contributed by atoms with E-state index in [1.165, 1.54) is 6.92 Å². The van der Waals surface area contributed by atoms with E-state index in [1.807, 2.05) is 0 Å². The van der Waals surface area contributed by atoms with E-state index in [0.717, 1.165) is 5.39 Å². The van der Waals surface area contributed by atoms with Gasteiger partial charge in [0.1, 0.15) is 23.5 Å². The molecule has 5 N–H and O–H groups in total. The normalized spacial score (nSPS) is 33.9. The van der Waals surface area contributed by atoms with Crippen LogP contribution in [0.25, 0.3) is 11.0 Å². The zero-order chi connectivity index (χ0) is 14.5. The Morgan fingerprint density at radius 1 is 1.50 bits per heavy atom. The number of nitrogens with zero attached hydrogens (tertiary/aromatic N) is 2. The van der Waals surface area contributed by atoms with Crippen molar-refractivity contribution in [3.63, 3.8) is 0 Å². The molecule has 7 nitrogen and oxygen atoms in total. The maximum Gasteiger partial charge on any atom is 0.167 e. The number of nitrogen functional groups attached to an aromatic ring is 1. The van der Waals surface area contributed by atoms with Crippen LogP contribution in [-0.2, 0) is 4.74 Å². The Balaban J connectivity index is 2.10. The lowest BCUT2D eigenvalue weighted by Crippen LogP contribution is -2.44. The fraction of sp³-hybridized carbons (Fsp3) is 0.462. The van der Waals surface area contributed by atoms with Crippen molar-refractivity contribution in [3.05, 3.63) is 24.5 Å². The summed E-state index contributed by atoms with van der Waals surface area (Å²) < 4.78 is 7.18. The summed E-state index contributed by atoms with van der Waals surface area (Å²) in [6.07, 6.45) is 0.392. The van der Waals surface area contributed by atoms with E-state index in [0.29, 0.717) is 11.3 Å². The van der Waals surface area contributed by atoms with Crippen molar-refractivity contribution in [2.24, 2.45) is 0 Å². The molecule has 0 aromatic carbocycles. The van der Waals surface area contributed by atoms with E-state index in [2.05, 4.69) is 4.98 Å². The Kier molecular flexibility index (Phi) is 2.94. The van der Waals surface area contributed by atoms with E-state index in [9.17, 15) is 15.3 Å². The Morgan fingerprint density at radius 2 is 2.25 bits per heavy atom. The smallest absolute Gasteiger partial charge is 0.167 e. The summed E-state index contributed by atoms with van der Waals surface area (Å²) in [6, 6.07) is 3.46. The van der Waals surface area contributed by atoms with Gasteiger partial charge in [0.25, 0.3) is 0 Å². The molecule has 3 rings (SSSR count). The number of aliphatic hydroxyl groups excluding tert-OH is 2. The Hall–Kier alpha value is -1.67. The van der Waals surface area contributed by atoms with Gasteiger partial charge in [-0.1, -0.05) is 0 Å². The fourth-order valence-electron chi connectivity index (χ4n) is 2.66.